The molecule has 11 nitrogen and oxygen atoms in total. The molecule has 0 atom stereocenters. The van der Waals surface area contributed by atoms with Crippen LogP contribution in [0.15, 0.2) is 42.7 Å². The highest BCUT2D eigenvalue weighted by molar-refractivity contribution is 5.90. The molecule has 180 valence electrons. The van der Waals surface area contributed by atoms with Gasteiger partial charge in [0.1, 0.15) is 5.82 Å². The highest BCUT2D eigenvalue weighted by Gasteiger charge is 2.21. The van der Waals surface area contributed by atoms with E-state index < -0.39 is 6.09 Å². The number of pyridine rings is 1. The van der Waals surface area contributed by atoms with Gasteiger partial charge in [-0.25, -0.2) is 19.4 Å². The summed E-state index contributed by atoms with van der Waals surface area (Å²) in [5.74, 6) is 1.97. The van der Waals surface area contributed by atoms with E-state index in [4.69, 9.17) is 5.11 Å². The third-order valence-electron chi connectivity index (χ3n) is 6.18. The molecule has 1 amide bonds. The molecule has 4 aromatic rings. The fourth-order valence-corrected chi connectivity index (χ4v) is 4.22. The molecule has 1 aromatic carbocycles. The zero-order chi connectivity index (χ0) is 24.5. The molecule has 0 radical (unpaired) electrons. The average Bonchev–Trinajstić information content (AvgIpc) is 3.16. The highest BCUT2D eigenvalue weighted by atomic mass is 16.4. The molecular formula is C24H27N9O2. The minimum atomic E-state index is -0.879. The first-order chi connectivity index (χ1) is 16.9. The quantitative estimate of drug-likeness (QED) is 0.398. The number of hydrogen-bond donors (Lipinski definition) is 3. The monoisotopic (exact) mass is 473 g/mol. The van der Waals surface area contributed by atoms with Crippen LogP contribution in [0.2, 0.25) is 0 Å². The van der Waals surface area contributed by atoms with Crippen LogP contribution in [0.5, 0.6) is 0 Å². The first-order valence-electron chi connectivity index (χ1n) is 11.4. The molecule has 1 fully saturated rings. The van der Waals surface area contributed by atoms with Crippen LogP contribution in [0.25, 0.3) is 11.0 Å². The number of piperazine rings is 1. The van der Waals surface area contributed by atoms with Crippen molar-refractivity contribution in [3.8, 4) is 0 Å². The van der Waals surface area contributed by atoms with Gasteiger partial charge in [0.2, 0.25) is 5.95 Å². The number of aromatic nitrogens is 5. The Bertz CT molecular complexity index is 1360. The van der Waals surface area contributed by atoms with Crippen LogP contribution < -0.4 is 15.5 Å². The third-order valence-corrected chi connectivity index (χ3v) is 6.18. The SMILES string of the molecule is Cc1cccc(C)c1Nc1nn(C)c2nc(Nc3ccc(N4CCN(C(=O)O)CC4)nc3)ncc12. The Hall–Kier alpha value is -4.41. The smallest absolute Gasteiger partial charge is 0.407 e. The first-order valence-corrected chi connectivity index (χ1v) is 11.4. The second-order valence-electron chi connectivity index (χ2n) is 8.58. The van der Waals surface area contributed by atoms with Crippen molar-refractivity contribution in [2.45, 2.75) is 13.8 Å². The van der Waals surface area contributed by atoms with Crippen LogP contribution in [-0.2, 0) is 7.05 Å². The average molecular weight is 474 g/mol. The lowest BCUT2D eigenvalue weighted by molar-refractivity contribution is 0.142. The van der Waals surface area contributed by atoms with Crippen molar-refractivity contribution in [3.63, 3.8) is 0 Å². The van der Waals surface area contributed by atoms with E-state index in [1.54, 1.807) is 17.1 Å². The summed E-state index contributed by atoms with van der Waals surface area (Å²) < 4.78 is 1.73. The Labute approximate surface area is 202 Å². The van der Waals surface area contributed by atoms with Gasteiger partial charge in [0.15, 0.2) is 11.5 Å². The van der Waals surface area contributed by atoms with E-state index in [1.165, 1.54) is 4.90 Å². The number of aryl methyl sites for hydroxylation is 3. The van der Waals surface area contributed by atoms with E-state index in [0.717, 1.165) is 33.7 Å². The fourth-order valence-electron chi connectivity index (χ4n) is 4.22. The van der Waals surface area contributed by atoms with E-state index in [0.29, 0.717) is 43.6 Å². The number of nitrogens with zero attached hydrogens (tertiary/aromatic N) is 7. The van der Waals surface area contributed by atoms with E-state index in [1.807, 2.05) is 25.2 Å². The Morgan fingerprint density at radius 2 is 1.71 bits per heavy atom. The minimum Gasteiger partial charge on any atom is -0.465 e. The molecule has 1 aliphatic rings. The van der Waals surface area contributed by atoms with Crippen molar-refractivity contribution >= 4 is 46.1 Å². The zero-order valence-corrected chi connectivity index (χ0v) is 19.9. The first kappa shape index (κ1) is 22.4. The predicted molar refractivity (Wildman–Crippen MR) is 135 cm³/mol. The molecule has 0 saturated carbocycles. The van der Waals surface area contributed by atoms with Gasteiger partial charge in [-0.15, -0.1) is 0 Å². The van der Waals surface area contributed by atoms with Crippen LogP contribution >= 0.6 is 0 Å². The van der Waals surface area contributed by atoms with Crippen LogP contribution in [0.4, 0.5) is 33.8 Å². The standard InChI is InChI=1S/C24H27N9O2/c1-15-5-4-6-16(2)20(15)28-21-18-14-26-23(29-22(18)31(3)30-21)27-17-7-8-19(25-13-17)32-9-11-33(12-10-32)24(34)35/h4-8,13-14H,9-12H2,1-3H3,(H,28,30)(H,34,35)(H,26,27,29). The number of carbonyl (C=O) groups is 1. The van der Waals surface area contributed by atoms with E-state index >= 15 is 0 Å². The maximum absolute atomic E-state index is 11.1. The molecule has 3 N–H and O–H groups in total. The lowest BCUT2D eigenvalue weighted by atomic mass is 10.1. The Kier molecular flexibility index (Phi) is 5.81. The summed E-state index contributed by atoms with van der Waals surface area (Å²) in [5, 5.41) is 21.2. The maximum Gasteiger partial charge on any atom is 0.407 e. The van der Waals surface area contributed by atoms with Crippen molar-refractivity contribution in [1.82, 2.24) is 29.6 Å². The number of hydrogen-bond acceptors (Lipinski definition) is 8. The summed E-state index contributed by atoms with van der Waals surface area (Å²) >= 11 is 0. The van der Waals surface area contributed by atoms with Crippen LogP contribution in [0, 0.1) is 13.8 Å². The lowest BCUT2D eigenvalue weighted by Crippen LogP contribution is -2.48. The number of para-hydroxylation sites is 1. The molecule has 35 heavy (non-hydrogen) atoms. The van der Waals surface area contributed by atoms with Gasteiger partial charge in [0.25, 0.3) is 0 Å². The molecule has 5 rings (SSSR count). The van der Waals surface area contributed by atoms with Gasteiger partial charge >= 0.3 is 6.09 Å². The summed E-state index contributed by atoms with van der Waals surface area (Å²) in [7, 11) is 1.86. The van der Waals surface area contributed by atoms with Gasteiger partial charge in [-0.05, 0) is 37.1 Å². The Morgan fingerprint density at radius 3 is 2.37 bits per heavy atom. The fraction of sp³-hybridized carbons (Fsp3) is 0.292. The number of fused-ring (bicyclic) bond motifs is 1. The maximum atomic E-state index is 11.1. The zero-order valence-electron chi connectivity index (χ0n) is 19.9. The molecule has 11 heteroatoms. The molecule has 0 bridgehead atoms. The Balaban J connectivity index is 1.30. The second kappa shape index (κ2) is 9.09. The number of amides is 1. The van der Waals surface area contributed by atoms with Gasteiger partial charge < -0.3 is 25.5 Å². The van der Waals surface area contributed by atoms with Gasteiger partial charge in [-0.2, -0.15) is 10.1 Å². The molecule has 0 spiro atoms. The van der Waals surface area contributed by atoms with Crippen LogP contribution in [0.1, 0.15) is 11.1 Å². The molecule has 4 heterocycles. The second-order valence-corrected chi connectivity index (χ2v) is 8.58. The Morgan fingerprint density at radius 1 is 0.971 bits per heavy atom. The van der Waals surface area contributed by atoms with Crippen molar-refractivity contribution in [2.24, 2.45) is 7.05 Å². The number of carboxylic acid groups (broad SMARTS) is 1. The van der Waals surface area contributed by atoms with E-state index in [-0.39, 0.29) is 0 Å². The van der Waals surface area contributed by atoms with Crippen molar-refractivity contribution in [1.29, 1.82) is 0 Å². The molecular weight excluding hydrogens is 446 g/mol. The topological polar surface area (TPSA) is 124 Å². The number of rotatable bonds is 5. The van der Waals surface area contributed by atoms with Crippen molar-refractivity contribution < 1.29 is 9.90 Å². The largest absolute Gasteiger partial charge is 0.465 e. The van der Waals surface area contributed by atoms with Crippen LogP contribution in [-0.4, -0.2) is 67.0 Å². The number of benzene rings is 1. The normalized spacial score (nSPS) is 13.8. The van der Waals surface area contributed by atoms with Gasteiger partial charge in [-0.3, -0.25) is 0 Å². The minimum absolute atomic E-state index is 0.448. The van der Waals surface area contributed by atoms with Gasteiger partial charge in [0, 0.05) is 45.1 Å². The molecule has 1 aliphatic heterocycles. The molecule has 0 unspecified atom stereocenters. The number of nitrogens with one attached hydrogen (secondary N) is 2. The summed E-state index contributed by atoms with van der Waals surface area (Å²) in [6, 6.07) is 9.99. The number of anilines is 5. The van der Waals surface area contributed by atoms with Crippen molar-refractivity contribution in [3.05, 3.63) is 53.9 Å². The van der Waals surface area contributed by atoms with Gasteiger partial charge in [0.05, 0.1) is 17.3 Å². The summed E-state index contributed by atoms with van der Waals surface area (Å²) in [5.41, 5.74) is 4.78. The van der Waals surface area contributed by atoms with E-state index in [9.17, 15) is 4.79 Å². The van der Waals surface area contributed by atoms with Crippen molar-refractivity contribution in [2.75, 3.05) is 41.7 Å². The third kappa shape index (κ3) is 4.52. The van der Waals surface area contributed by atoms with Crippen LogP contribution in [0.3, 0.4) is 0 Å². The molecule has 1 saturated heterocycles. The summed E-state index contributed by atoms with van der Waals surface area (Å²) in [6.07, 6.45) is 2.61. The predicted octanol–water partition coefficient (Wildman–Crippen LogP) is 3.66. The highest BCUT2D eigenvalue weighted by Crippen LogP contribution is 2.29. The van der Waals surface area contributed by atoms with E-state index in [2.05, 4.69) is 61.6 Å². The lowest BCUT2D eigenvalue weighted by Gasteiger charge is -2.33. The van der Waals surface area contributed by atoms with Gasteiger partial charge in [-0.1, -0.05) is 18.2 Å². The summed E-state index contributed by atoms with van der Waals surface area (Å²) in [4.78, 5) is 28.3. The molecule has 0 aliphatic carbocycles. The summed E-state index contributed by atoms with van der Waals surface area (Å²) in [6.45, 7) is 6.30. The molecule has 3 aromatic heterocycles.